The van der Waals surface area contributed by atoms with Crippen LogP contribution in [0.4, 0.5) is 5.13 Å². The normalized spacial score (nSPS) is 16.8. The van der Waals surface area contributed by atoms with Crippen LogP contribution in [-0.4, -0.2) is 26.5 Å². The first-order valence-electron chi connectivity index (χ1n) is 6.03. The summed E-state index contributed by atoms with van der Waals surface area (Å²) in [4.78, 5) is 15.4. The summed E-state index contributed by atoms with van der Waals surface area (Å²) in [5, 5.41) is 12.7. The fourth-order valence-corrected chi connectivity index (χ4v) is 2.31. The second-order valence-electron chi connectivity index (χ2n) is 4.41. The number of unbranched alkanes of at least 4 members (excludes halogenated alkanes) is 1. The molecule has 1 saturated carbocycles. The summed E-state index contributed by atoms with van der Waals surface area (Å²) in [6, 6.07) is -0.546. The number of hydrogen-bond acceptors (Lipinski definition) is 5. The molecule has 0 aliphatic heterocycles. The highest BCUT2D eigenvalue weighted by Crippen LogP contribution is 2.39. The number of nitrogens with zero attached hydrogens (tertiary/aromatic N) is 2. The van der Waals surface area contributed by atoms with Crippen molar-refractivity contribution in [2.75, 3.05) is 5.32 Å². The van der Waals surface area contributed by atoms with E-state index in [4.69, 9.17) is 5.11 Å². The van der Waals surface area contributed by atoms with Gasteiger partial charge in [-0.2, -0.15) is 4.37 Å². The number of carbonyl (C=O) groups is 1. The number of aliphatic carboxylic acids is 1. The van der Waals surface area contributed by atoms with Crippen molar-refractivity contribution in [1.29, 1.82) is 0 Å². The quantitative estimate of drug-likeness (QED) is 0.782. The average molecular weight is 255 g/mol. The van der Waals surface area contributed by atoms with Crippen molar-refractivity contribution in [1.82, 2.24) is 9.36 Å². The molecule has 6 heteroatoms. The molecule has 1 aliphatic rings. The number of carboxylic acids is 1. The second kappa shape index (κ2) is 5.44. The van der Waals surface area contributed by atoms with Crippen LogP contribution in [0.15, 0.2) is 0 Å². The summed E-state index contributed by atoms with van der Waals surface area (Å²) in [5.41, 5.74) is 0. The van der Waals surface area contributed by atoms with E-state index in [1.165, 1.54) is 11.5 Å². The topological polar surface area (TPSA) is 75.1 Å². The zero-order chi connectivity index (χ0) is 12.3. The van der Waals surface area contributed by atoms with E-state index >= 15 is 0 Å². The predicted octanol–water partition coefficient (Wildman–Crippen LogP) is 2.47. The summed E-state index contributed by atoms with van der Waals surface area (Å²) >= 11 is 1.26. The van der Waals surface area contributed by atoms with E-state index in [0.29, 0.717) is 17.5 Å². The van der Waals surface area contributed by atoms with Crippen LogP contribution in [0.5, 0.6) is 0 Å². The van der Waals surface area contributed by atoms with E-state index < -0.39 is 12.0 Å². The molecule has 2 N–H and O–H groups in total. The SMILES string of the molecule is CCCC[C@H](Nc1nc(C2CC2)ns1)C(=O)O. The standard InChI is InChI=1S/C11H17N3O2S/c1-2-3-4-8(10(15)16)12-11-13-9(14-17-11)7-5-6-7/h7-8H,2-6H2,1H3,(H,15,16)(H,12,13,14)/t8-/m0/s1. The average Bonchev–Trinajstić information content (AvgIpc) is 3.05. The third-order valence-electron chi connectivity index (χ3n) is 2.83. The molecule has 0 spiro atoms. The van der Waals surface area contributed by atoms with Gasteiger partial charge in [0.1, 0.15) is 11.9 Å². The zero-order valence-corrected chi connectivity index (χ0v) is 10.7. The van der Waals surface area contributed by atoms with Gasteiger partial charge in [-0.3, -0.25) is 0 Å². The maximum Gasteiger partial charge on any atom is 0.326 e. The Balaban J connectivity index is 1.93. The molecule has 1 atom stereocenters. The van der Waals surface area contributed by atoms with Gasteiger partial charge in [0.2, 0.25) is 5.13 Å². The van der Waals surface area contributed by atoms with E-state index in [1.807, 2.05) is 0 Å². The Morgan fingerprint density at radius 2 is 2.41 bits per heavy atom. The van der Waals surface area contributed by atoms with Crippen LogP contribution in [0, 0.1) is 0 Å². The molecule has 0 aromatic carbocycles. The molecular weight excluding hydrogens is 238 g/mol. The third-order valence-corrected chi connectivity index (χ3v) is 3.49. The molecule has 0 radical (unpaired) electrons. The molecule has 1 aliphatic carbocycles. The Morgan fingerprint density at radius 3 is 3.00 bits per heavy atom. The minimum atomic E-state index is -0.818. The maximum absolute atomic E-state index is 11.1. The fraction of sp³-hybridized carbons (Fsp3) is 0.727. The van der Waals surface area contributed by atoms with Gasteiger partial charge >= 0.3 is 5.97 Å². The lowest BCUT2D eigenvalue weighted by Gasteiger charge is -2.12. The van der Waals surface area contributed by atoms with Crippen LogP contribution in [0.3, 0.4) is 0 Å². The van der Waals surface area contributed by atoms with Gasteiger partial charge in [-0.1, -0.05) is 19.8 Å². The van der Waals surface area contributed by atoms with Crippen LogP contribution in [0.2, 0.25) is 0 Å². The highest BCUT2D eigenvalue weighted by Gasteiger charge is 2.28. The molecule has 1 heterocycles. The summed E-state index contributed by atoms with van der Waals surface area (Å²) < 4.78 is 4.25. The summed E-state index contributed by atoms with van der Waals surface area (Å²) in [7, 11) is 0. The van der Waals surface area contributed by atoms with Crippen LogP contribution in [-0.2, 0) is 4.79 Å². The van der Waals surface area contributed by atoms with Gasteiger partial charge in [0.05, 0.1) is 0 Å². The van der Waals surface area contributed by atoms with Crippen molar-refractivity contribution in [2.24, 2.45) is 0 Å². The maximum atomic E-state index is 11.1. The highest BCUT2D eigenvalue weighted by atomic mass is 32.1. The molecule has 0 bridgehead atoms. The minimum Gasteiger partial charge on any atom is -0.480 e. The Morgan fingerprint density at radius 1 is 1.65 bits per heavy atom. The van der Waals surface area contributed by atoms with Crippen molar-refractivity contribution in [2.45, 2.75) is 51.0 Å². The van der Waals surface area contributed by atoms with Crippen LogP contribution >= 0.6 is 11.5 Å². The number of anilines is 1. The lowest BCUT2D eigenvalue weighted by atomic mass is 10.1. The fourth-order valence-electron chi connectivity index (χ4n) is 1.62. The third kappa shape index (κ3) is 3.39. The first-order chi connectivity index (χ1) is 8.20. The van der Waals surface area contributed by atoms with Gasteiger partial charge in [-0.05, 0) is 19.3 Å². The summed E-state index contributed by atoms with van der Waals surface area (Å²) in [5.74, 6) is 0.569. The number of rotatable bonds is 7. The Hall–Kier alpha value is -1.17. The van der Waals surface area contributed by atoms with Gasteiger partial charge in [0.25, 0.3) is 0 Å². The first kappa shape index (κ1) is 12.3. The Labute approximate surface area is 104 Å². The molecule has 1 fully saturated rings. The van der Waals surface area contributed by atoms with Gasteiger partial charge in [0.15, 0.2) is 0 Å². The number of aromatic nitrogens is 2. The van der Waals surface area contributed by atoms with Crippen LogP contribution < -0.4 is 5.32 Å². The lowest BCUT2D eigenvalue weighted by molar-refractivity contribution is -0.138. The molecule has 2 rings (SSSR count). The van der Waals surface area contributed by atoms with Crippen LogP contribution in [0.1, 0.15) is 50.8 Å². The number of hydrogen-bond donors (Lipinski definition) is 2. The van der Waals surface area contributed by atoms with Crippen LogP contribution in [0.25, 0.3) is 0 Å². The predicted molar refractivity (Wildman–Crippen MR) is 66.5 cm³/mol. The lowest BCUT2D eigenvalue weighted by Crippen LogP contribution is -2.29. The monoisotopic (exact) mass is 255 g/mol. The second-order valence-corrected chi connectivity index (χ2v) is 5.16. The Bertz CT molecular complexity index is 390. The largest absolute Gasteiger partial charge is 0.480 e. The van der Waals surface area contributed by atoms with E-state index in [0.717, 1.165) is 31.5 Å². The van der Waals surface area contributed by atoms with Crippen molar-refractivity contribution in [3.8, 4) is 0 Å². The molecule has 5 nitrogen and oxygen atoms in total. The van der Waals surface area contributed by atoms with Gasteiger partial charge in [-0.25, -0.2) is 9.78 Å². The molecule has 0 amide bonds. The Kier molecular flexibility index (Phi) is 3.93. The molecule has 94 valence electrons. The van der Waals surface area contributed by atoms with Crippen molar-refractivity contribution >= 4 is 22.6 Å². The van der Waals surface area contributed by atoms with E-state index in [-0.39, 0.29) is 0 Å². The summed E-state index contributed by atoms with van der Waals surface area (Å²) in [6.45, 7) is 2.05. The van der Waals surface area contributed by atoms with Crippen molar-refractivity contribution in [3.63, 3.8) is 0 Å². The highest BCUT2D eigenvalue weighted by molar-refractivity contribution is 7.09. The number of nitrogens with one attached hydrogen (secondary N) is 1. The molecule has 1 aromatic heterocycles. The molecule has 17 heavy (non-hydrogen) atoms. The van der Waals surface area contributed by atoms with Gasteiger partial charge in [-0.15, -0.1) is 0 Å². The zero-order valence-electron chi connectivity index (χ0n) is 9.85. The van der Waals surface area contributed by atoms with E-state index in [9.17, 15) is 4.79 Å². The van der Waals surface area contributed by atoms with E-state index in [1.54, 1.807) is 0 Å². The number of carboxylic acid groups (broad SMARTS) is 1. The van der Waals surface area contributed by atoms with Gasteiger partial charge in [0, 0.05) is 17.5 Å². The van der Waals surface area contributed by atoms with Crippen molar-refractivity contribution in [3.05, 3.63) is 5.82 Å². The first-order valence-corrected chi connectivity index (χ1v) is 6.81. The molecular formula is C11H17N3O2S. The van der Waals surface area contributed by atoms with Gasteiger partial charge < -0.3 is 10.4 Å². The van der Waals surface area contributed by atoms with Crippen molar-refractivity contribution < 1.29 is 9.90 Å². The van der Waals surface area contributed by atoms with E-state index in [2.05, 4.69) is 21.6 Å². The molecule has 1 aromatic rings. The summed E-state index contributed by atoms with van der Waals surface area (Å²) in [6.07, 6.45) is 4.85. The smallest absolute Gasteiger partial charge is 0.326 e. The molecule has 0 unspecified atom stereocenters. The minimum absolute atomic E-state index is 0.515. The molecule has 0 saturated heterocycles.